The summed E-state index contributed by atoms with van der Waals surface area (Å²) in [5.41, 5.74) is -1.08. The number of carbonyl (C=O) groups is 1. The third-order valence-electron chi connectivity index (χ3n) is 6.39. The number of carboxylic acid groups (broad SMARTS) is 1. The maximum Gasteiger partial charge on any atom is 0.351 e. The van der Waals surface area contributed by atoms with E-state index in [0.717, 1.165) is 0 Å². The van der Waals surface area contributed by atoms with E-state index in [1.54, 1.807) is 12.1 Å². The lowest BCUT2D eigenvalue weighted by molar-refractivity contribution is 0.0692. The van der Waals surface area contributed by atoms with Crippen molar-refractivity contribution in [3.8, 4) is 11.5 Å². The second kappa shape index (κ2) is 7.57. The van der Waals surface area contributed by atoms with Gasteiger partial charge in [-0.15, -0.1) is 0 Å². The molecule has 1 aromatic carbocycles. The van der Waals surface area contributed by atoms with E-state index in [9.17, 15) is 14.7 Å². The topological polar surface area (TPSA) is 86.0 Å². The minimum atomic E-state index is -2.31. The van der Waals surface area contributed by atoms with Gasteiger partial charge in [0.15, 0.2) is 11.3 Å². The summed E-state index contributed by atoms with van der Waals surface area (Å²) >= 11 is 0. The van der Waals surface area contributed by atoms with Crippen LogP contribution in [0.5, 0.6) is 11.5 Å². The number of carboxylic acids is 1. The summed E-state index contributed by atoms with van der Waals surface area (Å²) in [6, 6.07) is 4.83. The van der Waals surface area contributed by atoms with Gasteiger partial charge >= 0.3 is 11.6 Å². The fraction of sp³-hybridized carbons (Fsp3) is 0.545. The van der Waals surface area contributed by atoms with Crippen LogP contribution in [0.25, 0.3) is 11.0 Å². The quantitative estimate of drug-likeness (QED) is 0.427. The van der Waals surface area contributed by atoms with E-state index in [-0.39, 0.29) is 15.7 Å². The summed E-state index contributed by atoms with van der Waals surface area (Å²) < 4.78 is 18.6. The first-order valence-corrected chi connectivity index (χ1v) is 15.9. The van der Waals surface area contributed by atoms with Crippen molar-refractivity contribution >= 4 is 33.6 Å². The molecule has 2 aromatic rings. The van der Waals surface area contributed by atoms with Crippen molar-refractivity contribution in [1.82, 2.24) is 0 Å². The molecule has 1 heterocycles. The largest absolute Gasteiger partial charge is 0.541 e. The number of hydrogen-bond acceptors (Lipinski definition) is 5. The van der Waals surface area contributed by atoms with Crippen LogP contribution in [0.1, 0.15) is 51.9 Å². The van der Waals surface area contributed by atoms with Gasteiger partial charge in [-0.3, -0.25) is 0 Å². The molecule has 1 N–H and O–H groups in total. The van der Waals surface area contributed by atoms with Crippen molar-refractivity contribution in [3.63, 3.8) is 0 Å². The van der Waals surface area contributed by atoms with Crippen molar-refractivity contribution < 1.29 is 23.2 Å². The molecule has 6 nitrogen and oxygen atoms in total. The zero-order chi connectivity index (χ0) is 23.3. The standard InChI is InChI=1S/C22H34O6Si2/c1-21(2,3)29(7,8)27-16-12-11-14-13-15(19(23)24)20(25)26-17(14)18(16)28-30(9,10)22(4,5)6/h11-13H,1-10H3,(H,23,24). The highest BCUT2D eigenvalue weighted by atomic mass is 28.4. The molecule has 0 aliphatic rings. The molecule has 0 unspecified atom stereocenters. The Labute approximate surface area is 180 Å². The highest BCUT2D eigenvalue weighted by Crippen LogP contribution is 2.46. The van der Waals surface area contributed by atoms with E-state index in [1.165, 1.54) is 6.07 Å². The Morgan fingerprint density at radius 1 is 0.933 bits per heavy atom. The Hall–Kier alpha value is -2.07. The molecule has 30 heavy (non-hydrogen) atoms. The molecule has 8 heteroatoms. The van der Waals surface area contributed by atoms with Crippen LogP contribution in [0.15, 0.2) is 27.4 Å². The molecule has 0 fully saturated rings. The zero-order valence-electron chi connectivity index (χ0n) is 19.7. The van der Waals surface area contributed by atoms with Crippen molar-refractivity contribution in [2.24, 2.45) is 0 Å². The van der Waals surface area contributed by atoms with Crippen LogP contribution in [-0.4, -0.2) is 27.7 Å². The van der Waals surface area contributed by atoms with Crippen LogP contribution >= 0.6 is 0 Å². The summed E-state index contributed by atoms with van der Waals surface area (Å²) in [6.07, 6.45) is 0. The second-order valence-corrected chi connectivity index (χ2v) is 20.2. The molecule has 0 radical (unpaired) electrons. The Bertz CT molecular complexity index is 1020. The van der Waals surface area contributed by atoms with Gasteiger partial charge in [0.05, 0.1) is 0 Å². The van der Waals surface area contributed by atoms with Crippen LogP contribution in [0.3, 0.4) is 0 Å². The lowest BCUT2D eigenvalue weighted by Gasteiger charge is -2.39. The highest BCUT2D eigenvalue weighted by Gasteiger charge is 2.43. The van der Waals surface area contributed by atoms with Gasteiger partial charge in [0.2, 0.25) is 0 Å². The molecule has 0 amide bonds. The van der Waals surface area contributed by atoms with Crippen LogP contribution in [0, 0.1) is 0 Å². The third-order valence-corrected chi connectivity index (χ3v) is 15.1. The fourth-order valence-electron chi connectivity index (χ4n) is 2.30. The number of aromatic carboxylic acids is 1. The molecule has 0 aliphatic carbocycles. The van der Waals surface area contributed by atoms with Crippen LogP contribution in [0.4, 0.5) is 0 Å². The molecule has 0 aliphatic heterocycles. The minimum absolute atomic E-state index is 0.0375. The molecule has 0 atom stereocenters. The lowest BCUT2D eigenvalue weighted by Crippen LogP contribution is -2.45. The Morgan fingerprint density at radius 2 is 1.43 bits per heavy atom. The maximum atomic E-state index is 12.3. The zero-order valence-corrected chi connectivity index (χ0v) is 21.7. The maximum absolute atomic E-state index is 12.3. The number of hydrogen-bond donors (Lipinski definition) is 1. The summed E-state index contributed by atoms with van der Waals surface area (Å²) in [4.78, 5) is 23.7. The van der Waals surface area contributed by atoms with Crippen molar-refractivity contribution in [2.45, 2.75) is 77.8 Å². The SMILES string of the molecule is CC(C)(C)[Si](C)(C)Oc1ccc2cc(C(=O)O)c(=O)oc2c1O[Si](C)(C)C(C)(C)C. The normalized spacial score (nSPS) is 13.4. The monoisotopic (exact) mass is 450 g/mol. The number of fused-ring (bicyclic) bond motifs is 1. The Balaban J connectivity index is 2.79. The van der Waals surface area contributed by atoms with Gasteiger partial charge in [-0.25, -0.2) is 9.59 Å². The highest BCUT2D eigenvalue weighted by molar-refractivity contribution is 6.75. The number of rotatable bonds is 5. The molecule has 1 aromatic heterocycles. The predicted octanol–water partition coefficient (Wildman–Crippen LogP) is 6.26. The molecule has 0 bridgehead atoms. The molecule has 0 saturated carbocycles. The summed E-state index contributed by atoms with van der Waals surface area (Å²) in [5, 5.41) is 9.64. The van der Waals surface area contributed by atoms with E-state index < -0.39 is 33.8 Å². The van der Waals surface area contributed by atoms with E-state index >= 15 is 0 Å². The Morgan fingerprint density at radius 3 is 1.90 bits per heavy atom. The average Bonchev–Trinajstić information content (AvgIpc) is 2.54. The summed E-state index contributed by atoms with van der Waals surface area (Å²) in [6.45, 7) is 21.3. The van der Waals surface area contributed by atoms with Crippen LogP contribution in [-0.2, 0) is 0 Å². The second-order valence-electron chi connectivity index (χ2n) is 10.8. The fourth-order valence-corrected chi connectivity index (χ4v) is 4.33. The Kier molecular flexibility index (Phi) is 6.10. The van der Waals surface area contributed by atoms with Gasteiger partial charge in [-0.2, -0.15) is 0 Å². The van der Waals surface area contributed by atoms with Gasteiger partial charge in [-0.1, -0.05) is 41.5 Å². The first-order valence-electron chi connectivity index (χ1n) is 10.1. The van der Waals surface area contributed by atoms with E-state index in [0.29, 0.717) is 16.9 Å². The third kappa shape index (κ3) is 4.64. The van der Waals surface area contributed by atoms with Gasteiger partial charge < -0.3 is 18.4 Å². The van der Waals surface area contributed by atoms with Crippen LogP contribution in [0.2, 0.25) is 36.3 Å². The molecule has 0 spiro atoms. The van der Waals surface area contributed by atoms with E-state index in [1.807, 2.05) is 0 Å². The van der Waals surface area contributed by atoms with Gasteiger partial charge in [0, 0.05) is 5.39 Å². The molecular formula is C22H34O6Si2. The van der Waals surface area contributed by atoms with E-state index in [4.69, 9.17) is 13.3 Å². The summed E-state index contributed by atoms with van der Waals surface area (Å²) in [5.74, 6) is -0.401. The minimum Gasteiger partial charge on any atom is -0.541 e. The first-order chi connectivity index (χ1) is 13.4. The molecule has 0 saturated heterocycles. The smallest absolute Gasteiger partial charge is 0.351 e. The predicted molar refractivity (Wildman–Crippen MR) is 125 cm³/mol. The van der Waals surface area contributed by atoms with Gasteiger partial charge in [-0.05, 0) is 54.5 Å². The van der Waals surface area contributed by atoms with Crippen LogP contribution < -0.4 is 14.5 Å². The van der Waals surface area contributed by atoms with Crippen molar-refractivity contribution in [1.29, 1.82) is 0 Å². The first kappa shape index (κ1) is 24.2. The number of benzene rings is 1. The average molecular weight is 451 g/mol. The van der Waals surface area contributed by atoms with Gasteiger partial charge in [0.25, 0.3) is 16.6 Å². The molecule has 166 valence electrons. The summed E-state index contributed by atoms with van der Waals surface area (Å²) in [7, 11) is -4.52. The van der Waals surface area contributed by atoms with Gasteiger partial charge in [0.1, 0.15) is 11.3 Å². The van der Waals surface area contributed by atoms with Crippen molar-refractivity contribution in [2.75, 3.05) is 0 Å². The van der Waals surface area contributed by atoms with E-state index in [2.05, 4.69) is 67.7 Å². The molecular weight excluding hydrogens is 416 g/mol. The van der Waals surface area contributed by atoms with Crippen molar-refractivity contribution in [3.05, 3.63) is 34.2 Å². The lowest BCUT2D eigenvalue weighted by atomic mass is 10.1. The molecule has 2 rings (SSSR count).